The molecule has 0 spiro atoms. The highest BCUT2D eigenvalue weighted by molar-refractivity contribution is 5.93. The predicted molar refractivity (Wildman–Crippen MR) is 87.7 cm³/mol. The summed E-state index contributed by atoms with van der Waals surface area (Å²) in [6.07, 6.45) is 0. The van der Waals surface area contributed by atoms with Gasteiger partial charge in [0, 0.05) is 0 Å². The number of ether oxygens (including phenoxy) is 2. The topological polar surface area (TPSA) is 47.6 Å². The number of para-hydroxylation sites is 2. The van der Waals surface area contributed by atoms with Crippen molar-refractivity contribution < 1.29 is 14.3 Å². The highest BCUT2D eigenvalue weighted by Crippen LogP contribution is 2.23. The lowest BCUT2D eigenvalue weighted by Crippen LogP contribution is -2.20. The Hall–Kier alpha value is -2.49. The molecule has 2 aromatic rings. The van der Waals surface area contributed by atoms with Gasteiger partial charge in [0.2, 0.25) is 0 Å². The first-order valence-electron chi connectivity index (χ1n) is 7.31. The van der Waals surface area contributed by atoms with Gasteiger partial charge >= 0.3 is 0 Å². The lowest BCUT2D eigenvalue weighted by Gasteiger charge is -2.12. The fourth-order valence-electron chi connectivity index (χ4n) is 2.20. The molecule has 0 aromatic heterocycles. The van der Waals surface area contributed by atoms with Crippen LogP contribution in [0.5, 0.6) is 11.5 Å². The van der Waals surface area contributed by atoms with E-state index < -0.39 is 0 Å². The van der Waals surface area contributed by atoms with E-state index >= 15 is 0 Å². The minimum absolute atomic E-state index is 0.0383. The molecule has 116 valence electrons. The molecule has 0 saturated heterocycles. The Morgan fingerprint density at radius 1 is 1.05 bits per heavy atom. The minimum Gasteiger partial charge on any atom is -0.492 e. The molecule has 0 aliphatic rings. The summed E-state index contributed by atoms with van der Waals surface area (Å²) >= 11 is 0. The van der Waals surface area contributed by atoms with Crippen LogP contribution in [0.1, 0.15) is 18.1 Å². The van der Waals surface area contributed by atoms with Crippen molar-refractivity contribution in [1.29, 1.82) is 0 Å². The van der Waals surface area contributed by atoms with E-state index in [1.54, 1.807) is 6.07 Å². The maximum absolute atomic E-state index is 12.0. The van der Waals surface area contributed by atoms with Gasteiger partial charge in [-0.3, -0.25) is 4.79 Å². The van der Waals surface area contributed by atoms with Crippen molar-refractivity contribution in [1.82, 2.24) is 0 Å². The number of carbonyl (C=O) groups excluding carboxylic acids is 1. The summed E-state index contributed by atoms with van der Waals surface area (Å²) in [6, 6.07) is 13.2. The summed E-state index contributed by atoms with van der Waals surface area (Å²) in [5.74, 6) is 1.14. The zero-order valence-corrected chi connectivity index (χ0v) is 13.2. The Morgan fingerprint density at radius 2 is 1.73 bits per heavy atom. The number of hydrogen-bond donors (Lipinski definition) is 1. The largest absolute Gasteiger partial charge is 0.492 e. The molecule has 0 fully saturated rings. The summed E-state index contributed by atoms with van der Waals surface area (Å²) in [5.41, 5.74) is 2.87. The number of aryl methyl sites for hydroxylation is 2. The molecule has 1 N–H and O–H groups in total. The fraction of sp³-hybridized carbons (Fsp3) is 0.278. The van der Waals surface area contributed by atoms with E-state index in [-0.39, 0.29) is 12.5 Å². The molecule has 0 atom stereocenters. The SMILES string of the molecule is CCOc1ccccc1NC(=O)COc1cc(C)cc(C)c1. The van der Waals surface area contributed by atoms with Crippen LogP contribution in [0.3, 0.4) is 0 Å². The Bertz CT molecular complexity index is 632. The fourth-order valence-corrected chi connectivity index (χ4v) is 2.20. The molecule has 0 aliphatic heterocycles. The van der Waals surface area contributed by atoms with E-state index in [2.05, 4.69) is 11.4 Å². The molecule has 0 unspecified atom stereocenters. The molecule has 2 rings (SSSR count). The van der Waals surface area contributed by atoms with Crippen LogP contribution in [0.15, 0.2) is 42.5 Å². The van der Waals surface area contributed by atoms with Gasteiger partial charge in [0.05, 0.1) is 12.3 Å². The van der Waals surface area contributed by atoms with E-state index in [0.717, 1.165) is 11.1 Å². The monoisotopic (exact) mass is 299 g/mol. The molecule has 22 heavy (non-hydrogen) atoms. The summed E-state index contributed by atoms with van der Waals surface area (Å²) in [4.78, 5) is 12.0. The van der Waals surface area contributed by atoms with Crippen molar-refractivity contribution in [2.24, 2.45) is 0 Å². The van der Waals surface area contributed by atoms with E-state index in [0.29, 0.717) is 23.8 Å². The quantitative estimate of drug-likeness (QED) is 0.884. The van der Waals surface area contributed by atoms with Crippen molar-refractivity contribution in [3.05, 3.63) is 53.6 Å². The van der Waals surface area contributed by atoms with Crippen LogP contribution in [0.25, 0.3) is 0 Å². The van der Waals surface area contributed by atoms with Crippen LogP contribution >= 0.6 is 0 Å². The Labute approximate surface area is 131 Å². The number of carbonyl (C=O) groups is 1. The average Bonchev–Trinajstić information content (AvgIpc) is 2.46. The summed E-state index contributed by atoms with van der Waals surface area (Å²) in [6.45, 7) is 6.41. The third kappa shape index (κ3) is 4.52. The van der Waals surface area contributed by atoms with E-state index in [9.17, 15) is 4.79 Å². The second-order valence-corrected chi connectivity index (χ2v) is 5.09. The number of amides is 1. The molecule has 1 amide bonds. The molecule has 2 aromatic carbocycles. The third-order valence-electron chi connectivity index (χ3n) is 3.03. The predicted octanol–water partition coefficient (Wildman–Crippen LogP) is 3.72. The number of nitrogens with one attached hydrogen (secondary N) is 1. The van der Waals surface area contributed by atoms with Crippen molar-refractivity contribution in [3.8, 4) is 11.5 Å². The second kappa shape index (κ2) is 7.50. The molecular weight excluding hydrogens is 278 g/mol. The first-order valence-corrected chi connectivity index (χ1v) is 7.31. The van der Waals surface area contributed by atoms with Gasteiger partial charge in [-0.05, 0) is 56.2 Å². The molecule has 4 nitrogen and oxygen atoms in total. The molecule has 0 heterocycles. The summed E-state index contributed by atoms with van der Waals surface area (Å²) in [7, 11) is 0. The normalized spacial score (nSPS) is 10.1. The summed E-state index contributed by atoms with van der Waals surface area (Å²) < 4.78 is 11.0. The average molecular weight is 299 g/mol. The zero-order valence-electron chi connectivity index (χ0n) is 13.2. The van der Waals surface area contributed by atoms with Gasteiger partial charge in [-0.1, -0.05) is 18.2 Å². The van der Waals surface area contributed by atoms with Crippen LogP contribution in [0, 0.1) is 13.8 Å². The molecule has 4 heteroatoms. The van der Waals surface area contributed by atoms with E-state index in [4.69, 9.17) is 9.47 Å². The van der Waals surface area contributed by atoms with Crippen molar-refractivity contribution in [2.45, 2.75) is 20.8 Å². The highest BCUT2D eigenvalue weighted by Gasteiger charge is 2.08. The van der Waals surface area contributed by atoms with Crippen molar-refractivity contribution >= 4 is 11.6 Å². The van der Waals surface area contributed by atoms with E-state index in [1.165, 1.54) is 0 Å². The van der Waals surface area contributed by atoms with Gasteiger partial charge in [-0.2, -0.15) is 0 Å². The van der Waals surface area contributed by atoms with Gasteiger partial charge in [0.1, 0.15) is 11.5 Å². The smallest absolute Gasteiger partial charge is 0.262 e. The molecule has 0 bridgehead atoms. The first kappa shape index (κ1) is 15.9. The summed E-state index contributed by atoms with van der Waals surface area (Å²) in [5, 5.41) is 2.81. The number of rotatable bonds is 6. The molecule has 0 saturated carbocycles. The van der Waals surface area contributed by atoms with Gasteiger partial charge in [-0.15, -0.1) is 0 Å². The zero-order chi connectivity index (χ0) is 15.9. The molecule has 0 aliphatic carbocycles. The molecule has 0 radical (unpaired) electrons. The van der Waals surface area contributed by atoms with Crippen LogP contribution in [-0.4, -0.2) is 19.1 Å². The second-order valence-electron chi connectivity index (χ2n) is 5.09. The van der Waals surface area contributed by atoms with Gasteiger partial charge in [0.25, 0.3) is 5.91 Å². The molecular formula is C18H21NO3. The van der Waals surface area contributed by atoms with Crippen LogP contribution < -0.4 is 14.8 Å². The Morgan fingerprint density at radius 3 is 2.41 bits per heavy atom. The maximum atomic E-state index is 12.0. The lowest BCUT2D eigenvalue weighted by atomic mass is 10.1. The van der Waals surface area contributed by atoms with Crippen LogP contribution in [0.2, 0.25) is 0 Å². The van der Waals surface area contributed by atoms with Gasteiger partial charge < -0.3 is 14.8 Å². The van der Waals surface area contributed by atoms with Gasteiger partial charge in [-0.25, -0.2) is 0 Å². The lowest BCUT2D eigenvalue weighted by molar-refractivity contribution is -0.118. The number of hydrogen-bond acceptors (Lipinski definition) is 3. The van der Waals surface area contributed by atoms with Crippen LogP contribution in [-0.2, 0) is 4.79 Å². The van der Waals surface area contributed by atoms with Crippen molar-refractivity contribution in [3.63, 3.8) is 0 Å². The Balaban J connectivity index is 1.96. The number of anilines is 1. The first-order chi connectivity index (χ1) is 10.6. The maximum Gasteiger partial charge on any atom is 0.262 e. The third-order valence-corrected chi connectivity index (χ3v) is 3.03. The Kier molecular flexibility index (Phi) is 5.42. The van der Waals surface area contributed by atoms with Crippen molar-refractivity contribution in [2.75, 3.05) is 18.5 Å². The van der Waals surface area contributed by atoms with Crippen LogP contribution in [0.4, 0.5) is 5.69 Å². The standard InChI is InChI=1S/C18H21NO3/c1-4-21-17-8-6-5-7-16(17)19-18(20)12-22-15-10-13(2)9-14(3)11-15/h5-11H,4,12H2,1-3H3,(H,19,20). The highest BCUT2D eigenvalue weighted by atomic mass is 16.5. The minimum atomic E-state index is -0.216. The van der Waals surface area contributed by atoms with Gasteiger partial charge in [0.15, 0.2) is 6.61 Å². The van der Waals surface area contributed by atoms with E-state index in [1.807, 2.05) is 51.1 Å². The number of benzene rings is 2.